The van der Waals surface area contributed by atoms with E-state index in [0.717, 1.165) is 38.8 Å². The first-order valence-corrected chi connectivity index (χ1v) is 9.54. The summed E-state index contributed by atoms with van der Waals surface area (Å²) in [5, 5.41) is 0. The topological polar surface area (TPSA) is 62.7 Å². The number of likely N-dealkylation sites (tertiary alicyclic amines) is 2. The molecule has 2 amide bonds. The Kier molecular flexibility index (Phi) is 5.49. The van der Waals surface area contributed by atoms with Crippen LogP contribution in [0.1, 0.15) is 56.8 Å². The lowest BCUT2D eigenvalue weighted by Crippen LogP contribution is -2.49. The molecule has 2 atom stereocenters. The van der Waals surface area contributed by atoms with Crippen LogP contribution in [0, 0.1) is 5.92 Å². The number of hydrogen-bond acceptors (Lipinski definition) is 4. The predicted octanol–water partition coefficient (Wildman–Crippen LogP) is 3.33. The molecule has 0 aromatic carbocycles. The summed E-state index contributed by atoms with van der Waals surface area (Å²) in [6.07, 6.45) is 7.08. The lowest BCUT2D eigenvalue weighted by molar-refractivity contribution is 0.0127. The van der Waals surface area contributed by atoms with E-state index >= 15 is 0 Å². The monoisotopic (exact) mass is 359 g/mol. The molecule has 6 nitrogen and oxygen atoms in total. The quantitative estimate of drug-likeness (QED) is 0.812. The van der Waals surface area contributed by atoms with Gasteiger partial charge < -0.3 is 14.5 Å². The minimum atomic E-state index is -0.486. The Hall–Kier alpha value is -2.11. The number of nitrogens with zero attached hydrogens (tertiary/aromatic N) is 3. The van der Waals surface area contributed by atoms with Gasteiger partial charge in [0.05, 0.1) is 0 Å². The molecule has 0 aliphatic carbocycles. The number of carbonyl (C=O) groups excluding carboxylic acids is 2. The van der Waals surface area contributed by atoms with Gasteiger partial charge in [-0.1, -0.05) is 0 Å². The fourth-order valence-electron chi connectivity index (χ4n) is 4.02. The van der Waals surface area contributed by atoms with Gasteiger partial charge in [-0.15, -0.1) is 0 Å². The molecule has 0 bridgehead atoms. The van der Waals surface area contributed by atoms with Crippen molar-refractivity contribution in [3.05, 3.63) is 30.1 Å². The molecule has 2 fully saturated rings. The highest BCUT2D eigenvalue weighted by molar-refractivity contribution is 5.94. The van der Waals surface area contributed by atoms with Crippen LogP contribution in [-0.2, 0) is 4.74 Å². The molecular weight excluding hydrogens is 330 g/mol. The van der Waals surface area contributed by atoms with E-state index in [1.807, 2.05) is 30.6 Å². The lowest BCUT2D eigenvalue weighted by atomic mass is 9.89. The molecule has 3 rings (SSSR count). The van der Waals surface area contributed by atoms with Crippen molar-refractivity contribution in [1.29, 1.82) is 0 Å². The molecule has 142 valence electrons. The van der Waals surface area contributed by atoms with Crippen LogP contribution in [0.15, 0.2) is 24.5 Å². The van der Waals surface area contributed by atoms with Gasteiger partial charge in [0.2, 0.25) is 0 Å². The van der Waals surface area contributed by atoms with E-state index in [1.54, 1.807) is 24.5 Å². The van der Waals surface area contributed by atoms with Crippen LogP contribution < -0.4 is 0 Å². The molecule has 2 aliphatic heterocycles. The molecule has 2 aliphatic rings. The maximum atomic E-state index is 12.8. The van der Waals surface area contributed by atoms with Crippen molar-refractivity contribution < 1.29 is 14.3 Å². The second-order valence-electron chi connectivity index (χ2n) is 8.27. The molecule has 0 saturated carbocycles. The number of rotatable bonds is 2. The highest BCUT2D eigenvalue weighted by Crippen LogP contribution is 2.32. The molecule has 0 unspecified atom stereocenters. The number of carbonyl (C=O) groups is 2. The smallest absolute Gasteiger partial charge is 0.410 e. The predicted molar refractivity (Wildman–Crippen MR) is 98.8 cm³/mol. The van der Waals surface area contributed by atoms with Crippen LogP contribution in [0.2, 0.25) is 0 Å². The van der Waals surface area contributed by atoms with Crippen LogP contribution in [0.3, 0.4) is 0 Å². The third kappa shape index (κ3) is 4.34. The molecule has 1 aromatic rings. The van der Waals surface area contributed by atoms with Gasteiger partial charge in [0.1, 0.15) is 5.60 Å². The summed E-state index contributed by atoms with van der Waals surface area (Å²) in [6.45, 7) is 7.90. The zero-order chi connectivity index (χ0) is 18.7. The summed E-state index contributed by atoms with van der Waals surface area (Å²) in [5.74, 6) is 0.364. The van der Waals surface area contributed by atoms with Crippen LogP contribution in [0.25, 0.3) is 0 Å². The van der Waals surface area contributed by atoms with E-state index in [9.17, 15) is 9.59 Å². The second kappa shape index (κ2) is 7.64. The van der Waals surface area contributed by atoms with Gasteiger partial charge in [0, 0.05) is 43.6 Å². The summed E-state index contributed by atoms with van der Waals surface area (Å²) < 4.78 is 5.59. The minimum Gasteiger partial charge on any atom is -0.444 e. The number of aromatic nitrogens is 1. The average molecular weight is 359 g/mol. The maximum absolute atomic E-state index is 12.8. The van der Waals surface area contributed by atoms with Crippen molar-refractivity contribution >= 4 is 12.0 Å². The highest BCUT2D eigenvalue weighted by Gasteiger charge is 2.39. The summed E-state index contributed by atoms with van der Waals surface area (Å²) in [6, 6.07) is 3.68. The van der Waals surface area contributed by atoms with Crippen molar-refractivity contribution in [3.8, 4) is 0 Å². The fourth-order valence-corrected chi connectivity index (χ4v) is 4.02. The van der Waals surface area contributed by atoms with Crippen LogP contribution in [0.5, 0.6) is 0 Å². The molecule has 3 heterocycles. The molecule has 1 aromatic heterocycles. The summed E-state index contributed by atoms with van der Waals surface area (Å²) in [5.41, 5.74) is 0.191. The van der Waals surface area contributed by atoms with Gasteiger partial charge in [-0.05, 0) is 64.5 Å². The first kappa shape index (κ1) is 18.7. The molecule has 6 heteroatoms. The first-order valence-electron chi connectivity index (χ1n) is 9.54. The van der Waals surface area contributed by atoms with Gasteiger partial charge in [-0.25, -0.2) is 4.79 Å². The minimum absolute atomic E-state index is 0.0546. The summed E-state index contributed by atoms with van der Waals surface area (Å²) in [4.78, 5) is 33.1. The standard InChI is InChI=1S/C20H29N3O3/c1-20(2,3)26-19(25)23-13-5-7-17(23)16-6-4-12-22(14-16)18(24)15-8-10-21-11-9-15/h8-11,16-17H,4-7,12-14H2,1-3H3/t16-,17-/m1/s1. The van der Waals surface area contributed by atoms with E-state index < -0.39 is 5.60 Å². The Morgan fingerprint density at radius 3 is 2.50 bits per heavy atom. The normalized spacial score (nSPS) is 23.8. The van der Waals surface area contributed by atoms with E-state index in [-0.39, 0.29) is 18.0 Å². The zero-order valence-electron chi connectivity index (χ0n) is 16.0. The lowest BCUT2D eigenvalue weighted by Gasteiger charge is -2.39. The molecule has 0 N–H and O–H groups in total. The molecule has 2 saturated heterocycles. The van der Waals surface area contributed by atoms with E-state index in [4.69, 9.17) is 4.74 Å². The second-order valence-corrected chi connectivity index (χ2v) is 8.27. The van der Waals surface area contributed by atoms with E-state index in [2.05, 4.69) is 4.98 Å². The molecule has 26 heavy (non-hydrogen) atoms. The number of pyridine rings is 1. The van der Waals surface area contributed by atoms with Crippen molar-refractivity contribution in [2.45, 2.75) is 58.1 Å². The van der Waals surface area contributed by atoms with Gasteiger partial charge in [-0.2, -0.15) is 0 Å². The summed E-state index contributed by atoms with van der Waals surface area (Å²) in [7, 11) is 0. The average Bonchev–Trinajstić information content (AvgIpc) is 3.10. The molecule has 0 spiro atoms. The third-order valence-electron chi connectivity index (χ3n) is 5.14. The van der Waals surface area contributed by atoms with Crippen LogP contribution in [-0.4, -0.2) is 58.1 Å². The van der Waals surface area contributed by atoms with Crippen molar-refractivity contribution in [2.75, 3.05) is 19.6 Å². The number of amides is 2. The van der Waals surface area contributed by atoms with E-state index in [1.165, 1.54) is 0 Å². The van der Waals surface area contributed by atoms with Gasteiger partial charge >= 0.3 is 6.09 Å². The largest absolute Gasteiger partial charge is 0.444 e. The molecular formula is C20H29N3O3. The van der Waals surface area contributed by atoms with Gasteiger partial charge in [-0.3, -0.25) is 9.78 Å². The van der Waals surface area contributed by atoms with Crippen LogP contribution >= 0.6 is 0 Å². The Morgan fingerprint density at radius 1 is 1.12 bits per heavy atom. The number of piperidine rings is 1. The maximum Gasteiger partial charge on any atom is 0.410 e. The number of ether oxygens (including phenoxy) is 1. The third-order valence-corrected chi connectivity index (χ3v) is 5.14. The zero-order valence-corrected chi connectivity index (χ0v) is 16.0. The van der Waals surface area contributed by atoms with E-state index in [0.29, 0.717) is 18.0 Å². The fraction of sp³-hybridized carbons (Fsp3) is 0.650. The Labute approximate surface area is 155 Å². The van der Waals surface area contributed by atoms with Gasteiger partial charge in [0.15, 0.2) is 0 Å². The van der Waals surface area contributed by atoms with Gasteiger partial charge in [0.25, 0.3) is 5.91 Å². The summed E-state index contributed by atoms with van der Waals surface area (Å²) >= 11 is 0. The number of hydrogen-bond donors (Lipinski definition) is 0. The van der Waals surface area contributed by atoms with Crippen molar-refractivity contribution in [1.82, 2.24) is 14.8 Å². The first-order chi connectivity index (χ1) is 12.3. The Morgan fingerprint density at radius 2 is 1.81 bits per heavy atom. The van der Waals surface area contributed by atoms with Crippen LogP contribution in [0.4, 0.5) is 4.79 Å². The Balaban J connectivity index is 1.67. The Bertz CT molecular complexity index is 641. The molecule has 0 radical (unpaired) electrons. The highest BCUT2D eigenvalue weighted by atomic mass is 16.6. The van der Waals surface area contributed by atoms with Crippen molar-refractivity contribution in [2.24, 2.45) is 5.92 Å². The van der Waals surface area contributed by atoms with Crippen molar-refractivity contribution in [3.63, 3.8) is 0 Å². The SMILES string of the molecule is CC(C)(C)OC(=O)N1CCC[C@@H]1[C@@H]1CCCN(C(=O)c2ccncc2)C1.